The quantitative estimate of drug-likeness (QED) is 0.828. The van der Waals surface area contributed by atoms with Crippen LogP contribution in [-0.4, -0.2) is 46.6 Å². The lowest BCUT2D eigenvalue weighted by molar-refractivity contribution is 0.248. The lowest BCUT2D eigenvalue weighted by Gasteiger charge is -2.29. The van der Waals surface area contributed by atoms with Crippen LogP contribution in [0.25, 0.3) is 0 Å². The molecule has 1 fully saturated rings. The van der Waals surface area contributed by atoms with Crippen LogP contribution in [-0.2, 0) is 16.6 Å². The molecular weight excluding hydrogens is 290 g/mol. The lowest BCUT2D eigenvalue weighted by atomic mass is 10.1. The monoisotopic (exact) mass is 313 g/mol. The van der Waals surface area contributed by atoms with Crippen molar-refractivity contribution in [1.82, 2.24) is 9.62 Å². The first-order valence-corrected chi connectivity index (χ1v) is 8.52. The Balaban J connectivity index is 2.15. The van der Waals surface area contributed by atoms with Crippen LogP contribution >= 0.6 is 0 Å². The molecule has 0 spiro atoms. The fourth-order valence-electron chi connectivity index (χ4n) is 2.50. The van der Waals surface area contributed by atoms with Gasteiger partial charge in [-0.1, -0.05) is 0 Å². The van der Waals surface area contributed by atoms with E-state index in [1.54, 1.807) is 25.3 Å². The van der Waals surface area contributed by atoms with Gasteiger partial charge in [-0.25, -0.2) is 13.1 Å². The molecular formula is C14H23N3O3S. The maximum Gasteiger partial charge on any atom is 0.240 e. The van der Waals surface area contributed by atoms with Crippen LogP contribution in [0.2, 0.25) is 0 Å². The van der Waals surface area contributed by atoms with E-state index in [1.165, 1.54) is 0 Å². The molecule has 3 N–H and O–H groups in total. The number of hydrogen-bond donors (Lipinski definition) is 2. The van der Waals surface area contributed by atoms with Crippen LogP contribution in [0.3, 0.4) is 0 Å². The van der Waals surface area contributed by atoms with E-state index in [4.69, 9.17) is 10.5 Å². The molecule has 0 bridgehead atoms. The van der Waals surface area contributed by atoms with E-state index in [-0.39, 0.29) is 17.5 Å². The predicted molar refractivity (Wildman–Crippen MR) is 81.7 cm³/mol. The molecule has 1 heterocycles. The number of rotatable bonds is 5. The molecule has 7 heteroatoms. The van der Waals surface area contributed by atoms with Crippen molar-refractivity contribution < 1.29 is 13.2 Å². The molecule has 0 saturated carbocycles. The van der Waals surface area contributed by atoms with Gasteiger partial charge in [0.15, 0.2) is 0 Å². The number of nitrogens with zero attached hydrogens (tertiary/aromatic N) is 1. The number of methoxy groups -OCH3 is 1. The third-order valence-electron chi connectivity index (χ3n) is 3.82. The second-order valence-electron chi connectivity index (χ2n) is 5.38. The van der Waals surface area contributed by atoms with Gasteiger partial charge in [-0.3, -0.25) is 0 Å². The van der Waals surface area contributed by atoms with Gasteiger partial charge in [-0.15, -0.1) is 0 Å². The third-order valence-corrected chi connectivity index (χ3v) is 5.34. The van der Waals surface area contributed by atoms with Gasteiger partial charge in [-0.05, 0) is 51.2 Å². The Bertz CT molecular complexity index is 581. The van der Waals surface area contributed by atoms with E-state index in [0.29, 0.717) is 11.3 Å². The van der Waals surface area contributed by atoms with Crippen molar-refractivity contribution in [2.24, 2.45) is 5.73 Å². The van der Waals surface area contributed by atoms with Gasteiger partial charge in [0.2, 0.25) is 10.0 Å². The number of nitrogens with one attached hydrogen (secondary N) is 1. The van der Waals surface area contributed by atoms with Crippen LogP contribution < -0.4 is 15.2 Å². The van der Waals surface area contributed by atoms with Crippen molar-refractivity contribution >= 4 is 10.0 Å². The van der Waals surface area contributed by atoms with Crippen LogP contribution in [0.4, 0.5) is 0 Å². The maximum atomic E-state index is 12.4. The summed E-state index contributed by atoms with van der Waals surface area (Å²) < 4.78 is 32.8. The smallest absolute Gasteiger partial charge is 0.240 e. The fourth-order valence-corrected chi connectivity index (χ4v) is 3.85. The van der Waals surface area contributed by atoms with Gasteiger partial charge in [0, 0.05) is 18.2 Å². The number of piperidine rings is 1. The molecule has 1 aliphatic heterocycles. The first-order chi connectivity index (χ1) is 9.96. The van der Waals surface area contributed by atoms with E-state index < -0.39 is 10.0 Å². The van der Waals surface area contributed by atoms with Gasteiger partial charge >= 0.3 is 0 Å². The molecule has 118 valence electrons. The summed E-state index contributed by atoms with van der Waals surface area (Å²) in [4.78, 5) is 2.44. The van der Waals surface area contributed by atoms with Gasteiger partial charge < -0.3 is 15.4 Å². The maximum absolute atomic E-state index is 12.4. The molecule has 1 aromatic carbocycles. The molecule has 0 radical (unpaired) electrons. The van der Waals surface area contributed by atoms with Gasteiger partial charge in [-0.2, -0.15) is 0 Å². The molecule has 1 saturated heterocycles. The minimum Gasteiger partial charge on any atom is -0.496 e. The summed E-state index contributed by atoms with van der Waals surface area (Å²) in [5, 5.41) is 0. The molecule has 6 nitrogen and oxygen atoms in total. The predicted octanol–water partition coefficient (Wildman–Crippen LogP) is 0.526. The Kier molecular flexibility index (Phi) is 5.21. The summed E-state index contributed by atoms with van der Waals surface area (Å²) in [5.41, 5.74) is 6.32. The van der Waals surface area contributed by atoms with E-state index in [1.807, 2.05) is 7.05 Å². The second kappa shape index (κ2) is 6.74. The molecule has 0 unspecified atom stereocenters. The van der Waals surface area contributed by atoms with E-state index in [0.717, 1.165) is 25.9 Å². The highest BCUT2D eigenvalue weighted by Gasteiger charge is 2.23. The Morgan fingerprint density at radius 2 is 2.05 bits per heavy atom. The molecule has 0 atom stereocenters. The molecule has 0 amide bonds. The van der Waals surface area contributed by atoms with Crippen molar-refractivity contribution in [3.63, 3.8) is 0 Å². The first-order valence-electron chi connectivity index (χ1n) is 7.04. The van der Waals surface area contributed by atoms with E-state index in [2.05, 4.69) is 9.62 Å². The molecule has 1 aromatic rings. The van der Waals surface area contributed by atoms with Crippen molar-refractivity contribution in [1.29, 1.82) is 0 Å². The number of nitrogens with two attached hydrogens (primary N) is 1. The van der Waals surface area contributed by atoms with Crippen molar-refractivity contribution in [2.45, 2.75) is 30.3 Å². The molecule has 0 aromatic heterocycles. The minimum absolute atomic E-state index is 0.00497. The van der Waals surface area contributed by atoms with Crippen LogP contribution in [0.5, 0.6) is 5.75 Å². The Labute approximate surface area is 126 Å². The largest absolute Gasteiger partial charge is 0.496 e. The summed E-state index contributed by atoms with van der Waals surface area (Å²) in [7, 11) is 0.0699. The molecule has 1 aliphatic rings. The van der Waals surface area contributed by atoms with Crippen LogP contribution in [0.1, 0.15) is 18.4 Å². The average molecular weight is 313 g/mol. The highest BCUT2D eigenvalue weighted by Crippen LogP contribution is 2.22. The number of benzene rings is 1. The van der Waals surface area contributed by atoms with Crippen molar-refractivity contribution in [3.8, 4) is 5.75 Å². The van der Waals surface area contributed by atoms with Crippen LogP contribution in [0.15, 0.2) is 23.1 Å². The summed E-state index contributed by atoms with van der Waals surface area (Å²) in [6.07, 6.45) is 1.66. The SMILES string of the molecule is COc1ccc(S(=O)(=O)NC2CCN(C)CC2)cc1CN. The van der Waals surface area contributed by atoms with Gasteiger partial charge in [0.25, 0.3) is 0 Å². The standard InChI is InChI=1S/C14H23N3O3S/c1-17-7-5-12(6-8-17)16-21(18,19)13-3-4-14(20-2)11(9-13)10-15/h3-4,9,12,16H,5-8,10,15H2,1-2H3. The topological polar surface area (TPSA) is 84.7 Å². The number of ether oxygens (including phenoxy) is 1. The zero-order chi connectivity index (χ0) is 15.5. The van der Waals surface area contributed by atoms with Crippen LogP contribution in [0, 0.1) is 0 Å². The van der Waals surface area contributed by atoms with Crippen molar-refractivity contribution in [3.05, 3.63) is 23.8 Å². The molecule has 21 heavy (non-hydrogen) atoms. The summed E-state index contributed by atoms with van der Waals surface area (Å²) in [6, 6.07) is 4.77. The Hall–Kier alpha value is -1.15. The van der Waals surface area contributed by atoms with Gasteiger partial charge in [0.1, 0.15) is 5.75 Å². The van der Waals surface area contributed by atoms with E-state index in [9.17, 15) is 8.42 Å². The highest BCUT2D eigenvalue weighted by molar-refractivity contribution is 7.89. The third kappa shape index (κ3) is 3.94. The minimum atomic E-state index is -3.51. The number of hydrogen-bond acceptors (Lipinski definition) is 5. The zero-order valence-electron chi connectivity index (χ0n) is 12.5. The zero-order valence-corrected chi connectivity index (χ0v) is 13.3. The van der Waals surface area contributed by atoms with Crippen molar-refractivity contribution in [2.75, 3.05) is 27.2 Å². The summed E-state index contributed by atoms with van der Waals surface area (Å²) in [6.45, 7) is 2.05. The number of sulfonamides is 1. The second-order valence-corrected chi connectivity index (χ2v) is 7.09. The Morgan fingerprint density at radius 3 is 2.62 bits per heavy atom. The van der Waals surface area contributed by atoms with Gasteiger partial charge in [0.05, 0.1) is 12.0 Å². The first kappa shape index (κ1) is 16.2. The van der Waals surface area contributed by atoms with E-state index >= 15 is 0 Å². The summed E-state index contributed by atoms with van der Waals surface area (Å²) in [5.74, 6) is 0.607. The summed E-state index contributed by atoms with van der Waals surface area (Å²) >= 11 is 0. The normalized spacial score (nSPS) is 17.9. The Morgan fingerprint density at radius 1 is 1.38 bits per heavy atom. The molecule has 2 rings (SSSR count). The fraction of sp³-hybridized carbons (Fsp3) is 0.571. The highest BCUT2D eigenvalue weighted by atomic mass is 32.2. The lowest BCUT2D eigenvalue weighted by Crippen LogP contribution is -2.43. The number of likely N-dealkylation sites (tertiary alicyclic amines) is 1. The average Bonchev–Trinajstić information content (AvgIpc) is 2.48. The molecule has 0 aliphatic carbocycles.